The van der Waals surface area contributed by atoms with Crippen molar-refractivity contribution < 1.29 is 19.4 Å². The number of hydrogen-bond acceptors (Lipinski definition) is 3. The molecule has 0 aliphatic heterocycles. The van der Waals surface area contributed by atoms with Gasteiger partial charge in [-0.05, 0) is 24.6 Å². The van der Waals surface area contributed by atoms with Gasteiger partial charge in [-0.2, -0.15) is 0 Å². The number of rotatable bonds is 6. The maximum Gasteiger partial charge on any atom is 0.328 e. The van der Waals surface area contributed by atoms with Crippen LogP contribution in [-0.2, 0) is 4.79 Å². The summed E-state index contributed by atoms with van der Waals surface area (Å²) in [7, 11) is 1.52. The van der Waals surface area contributed by atoms with E-state index in [1.54, 1.807) is 18.2 Å². The summed E-state index contributed by atoms with van der Waals surface area (Å²) in [4.78, 5) is 10.6. The Morgan fingerprint density at radius 1 is 1.47 bits per heavy atom. The van der Waals surface area contributed by atoms with E-state index in [0.29, 0.717) is 23.7 Å². The van der Waals surface area contributed by atoms with Crippen LogP contribution in [0.25, 0.3) is 6.08 Å². The molecule has 0 atom stereocenters. The second-order valence-corrected chi connectivity index (χ2v) is 4.01. The summed E-state index contributed by atoms with van der Waals surface area (Å²) in [6.07, 6.45) is 2.51. The molecule has 0 aromatic heterocycles. The molecule has 1 N–H and O–H groups in total. The Hall–Kier alpha value is -1.94. The van der Waals surface area contributed by atoms with Crippen LogP contribution >= 0.6 is 11.6 Å². The van der Waals surface area contributed by atoms with E-state index in [4.69, 9.17) is 26.2 Å². The van der Waals surface area contributed by atoms with Crippen LogP contribution in [0.3, 0.4) is 0 Å². The highest BCUT2D eigenvalue weighted by Crippen LogP contribution is 2.32. The highest BCUT2D eigenvalue weighted by atomic mass is 35.5. The van der Waals surface area contributed by atoms with Crippen molar-refractivity contribution >= 4 is 23.6 Å². The zero-order chi connectivity index (χ0) is 14.3. The van der Waals surface area contributed by atoms with Crippen LogP contribution < -0.4 is 9.47 Å². The maximum atomic E-state index is 10.6. The number of halogens is 1. The smallest absolute Gasteiger partial charge is 0.328 e. The first-order chi connectivity index (χ1) is 9.08. The number of carboxylic acid groups (broad SMARTS) is 1. The van der Waals surface area contributed by atoms with Gasteiger partial charge in [0.05, 0.1) is 7.11 Å². The zero-order valence-electron chi connectivity index (χ0n) is 10.7. The Kier molecular flexibility index (Phi) is 5.96. The van der Waals surface area contributed by atoms with E-state index in [9.17, 15) is 4.79 Å². The van der Waals surface area contributed by atoms with Gasteiger partial charge in [0.2, 0.25) is 0 Å². The van der Waals surface area contributed by atoms with Crippen molar-refractivity contribution in [2.24, 2.45) is 0 Å². The van der Waals surface area contributed by atoms with E-state index < -0.39 is 5.97 Å². The number of para-hydroxylation sites is 1. The van der Waals surface area contributed by atoms with Crippen LogP contribution in [0.1, 0.15) is 12.5 Å². The van der Waals surface area contributed by atoms with Gasteiger partial charge in [-0.25, -0.2) is 4.79 Å². The van der Waals surface area contributed by atoms with Crippen molar-refractivity contribution in [2.75, 3.05) is 13.7 Å². The minimum atomic E-state index is -1.02. The number of methoxy groups -OCH3 is 1. The predicted octanol–water partition coefficient (Wildman–Crippen LogP) is 3.31. The Morgan fingerprint density at radius 3 is 2.79 bits per heavy atom. The Bertz CT molecular complexity index is 506. The van der Waals surface area contributed by atoms with Crippen LogP contribution in [0.4, 0.5) is 0 Å². The molecule has 0 spiro atoms. The van der Waals surface area contributed by atoms with Crippen LogP contribution in [0.15, 0.2) is 35.4 Å². The summed E-state index contributed by atoms with van der Waals surface area (Å²) in [6.45, 7) is 2.13. The fourth-order valence-corrected chi connectivity index (χ4v) is 1.42. The third kappa shape index (κ3) is 4.67. The summed E-state index contributed by atoms with van der Waals surface area (Å²) < 4.78 is 10.8. The average molecular weight is 283 g/mol. The van der Waals surface area contributed by atoms with E-state index in [1.807, 2.05) is 6.92 Å². The lowest BCUT2D eigenvalue weighted by atomic mass is 10.1. The number of carbonyl (C=O) groups is 1. The molecule has 0 bridgehead atoms. The molecule has 1 aromatic carbocycles. The molecule has 1 rings (SSSR count). The van der Waals surface area contributed by atoms with Crippen molar-refractivity contribution in [3.63, 3.8) is 0 Å². The Balaban J connectivity index is 3.05. The third-order valence-electron chi connectivity index (χ3n) is 2.27. The van der Waals surface area contributed by atoms with Crippen LogP contribution in [0.2, 0.25) is 0 Å². The first-order valence-electron chi connectivity index (χ1n) is 5.55. The molecular formula is C14H15ClO4. The molecule has 0 amide bonds. The van der Waals surface area contributed by atoms with Crippen molar-refractivity contribution in [1.29, 1.82) is 0 Å². The first-order valence-corrected chi connectivity index (χ1v) is 5.98. The third-order valence-corrected chi connectivity index (χ3v) is 2.64. The van der Waals surface area contributed by atoms with Gasteiger partial charge in [-0.15, -0.1) is 0 Å². The topological polar surface area (TPSA) is 55.8 Å². The summed E-state index contributed by atoms with van der Waals surface area (Å²) in [5.41, 5.74) is 2.91. The van der Waals surface area contributed by atoms with Crippen molar-refractivity contribution in [2.45, 2.75) is 6.92 Å². The molecule has 0 aliphatic carbocycles. The second kappa shape index (κ2) is 7.48. The summed E-state index contributed by atoms with van der Waals surface area (Å²) in [5.74, 6) is 0.000817. The van der Waals surface area contributed by atoms with Crippen molar-refractivity contribution in [3.05, 3.63) is 40.9 Å². The number of carboxylic acids is 1. The van der Waals surface area contributed by atoms with Crippen LogP contribution in [0.5, 0.6) is 11.5 Å². The lowest BCUT2D eigenvalue weighted by Gasteiger charge is -2.13. The van der Waals surface area contributed by atoms with Crippen molar-refractivity contribution in [1.82, 2.24) is 0 Å². The quantitative estimate of drug-likeness (QED) is 0.813. The highest BCUT2D eigenvalue weighted by molar-refractivity contribution is 6.25. The van der Waals surface area contributed by atoms with Crippen LogP contribution in [-0.4, -0.2) is 24.8 Å². The Labute approximate surface area is 116 Å². The summed E-state index contributed by atoms with van der Waals surface area (Å²) >= 11 is 5.57. The van der Waals surface area contributed by atoms with Gasteiger partial charge in [-0.1, -0.05) is 23.7 Å². The predicted molar refractivity (Wildman–Crippen MR) is 74.8 cm³/mol. The van der Waals surface area contributed by atoms with Gasteiger partial charge < -0.3 is 14.6 Å². The number of hydrogen-bond donors (Lipinski definition) is 1. The van der Waals surface area contributed by atoms with E-state index >= 15 is 0 Å². The molecule has 0 unspecified atom stereocenters. The molecule has 19 heavy (non-hydrogen) atoms. The van der Waals surface area contributed by atoms with Gasteiger partial charge in [0.1, 0.15) is 6.61 Å². The van der Waals surface area contributed by atoms with Crippen LogP contribution in [0, 0.1) is 0 Å². The minimum Gasteiger partial charge on any atom is -0.493 e. The fraction of sp³-hybridized carbons (Fsp3) is 0.214. The van der Waals surface area contributed by atoms with Gasteiger partial charge in [0.15, 0.2) is 11.5 Å². The number of benzene rings is 1. The average Bonchev–Trinajstić information content (AvgIpc) is 2.42. The largest absolute Gasteiger partial charge is 0.493 e. The lowest BCUT2D eigenvalue weighted by molar-refractivity contribution is -0.131. The van der Waals surface area contributed by atoms with E-state index in [-0.39, 0.29) is 0 Å². The van der Waals surface area contributed by atoms with Gasteiger partial charge in [-0.3, -0.25) is 0 Å². The molecule has 0 fully saturated rings. The second-order valence-electron chi connectivity index (χ2n) is 3.79. The molecule has 0 saturated heterocycles. The number of aliphatic carboxylic acids is 1. The molecule has 0 radical (unpaired) electrons. The maximum absolute atomic E-state index is 10.6. The molecule has 0 saturated carbocycles. The van der Waals surface area contributed by atoms with Gasteiger partial charge in [0.25, 0.3) is 0 Å². The lowest BCUT2D eigenvalue weighted by Crippen LogP contribution is -2.02. The van der Waals surface area contributed by atoms with E-state index in [2.05, 4.69) is 0 Å². The van der Waals surface area contributed by atoms with E-state index in [0.717, 1.165) is 11.6 Å². The summed E-state index contributed by atoms with van der Waals surface area (Å²) in [5, 5.41) is 8.66. The molecular weight excluding hydrogens is 268 g/mol. The van der Waals surface area contributed by atoms with Crippen molar-refractivity contribution in [3.8, 4) is 11.5 Å². The van der Waals surface area contributed by atoms with Gasteiger partial charge >= 0.3 is 5.97 Å². The minimum absolute atomic E-state index is 0.303. The normalized spacial score (nSPS) is 11.6. The monoisotopic (exact) mass is 282 g/mol. The molecule has 102 valence electrons. The van der Waals surface area contributed by atoms with Gasteiger partial charge in [0, 0.05) is 17.2 Å². The molecule has 1 aromatic rings. The highest BCUT2D eigenvalue weighted by Gasteiger charge is 2.09. The SMILES string of the molecule is COc1cccc(/C=C/C(=O)O)c1OC/C(C)=C/Cl. The zero-order valence-corrected chi connectivity index (χ0v) is 11.5. The fourth-order valence-electron chi connectivity index (χ4n) is 1.36. The standard InChI is InChI=1S/C14H15ClO4/c1-10(8-15)9-19-14-11(6-7-13(16)17)4-3-5-12(14)18-2/h3-8H,9H2,1-2H3,(H,16,17)/b7-6+,10-8+. The Morgan fingerprint density at radius 2 is 2.21 bits per heavy atom. The molecule has 5 heteroatoms. The summed E-state index contributed by atoms with van der Waals surface area (Å²) in [6, 6.07) is 5.25. The molecule has 0 heterocycles. The first kappa shape index (κ1) is 15.1. The van der Waals surface area contributed by atoms with E-state index in [1.165, 1.54) is 18.7 Å². The molecule has 0 aliphatic rings. The molecule has 4 nitrogen and oxygen atoms in total. The number of ether oxygens (including phenoxy) is 2.